The fourth-order valence-corrected chi connectivity index (χ4v) is 1.59. The Bertz CT molecular complexity index is 272. The number of nitrogens with one attached hydrogen (secondary N) is 1. The summed E-state index contributed by atoms with van der Waals surface area (Å²) in [4.78, 5) is 6.63. The lowest BCUT2D eigenvalue weighted by Gasteiger charge is -2.16. The number of rotatable bonds is 7. The molecule has 3 heteroatoms. The van der Waals surface area contributed by atoms with Crippen LogP contribution in [0, 0.1) is 0 Å². The van der Waals surface area contributed by atoms with Gasteiger partial charge in [0.15, 0.2) is 0 Å². The van der Waals surface area contributed by atoms with Crippen LogP contribution >= 0.6 is 0 Å². The van der Waals surface area contributed by atoms with E-state index in [2.05, 4.69) is 42.2 Å². The molecule has 0 aromatic carbocycles. The summed E-state index contributed by atoms with van der Waals surface area (Å²) >= 11 is 0. The quantitative estimate of drug-likeness (QED) is 0.713. The molecule has 0 aliphatic carbocycles. The topological polar surface area (TPSA) is 28.2 Å². The molecule has 0 saturated heterocycles. The largest absolute Gasteiger partial charge is 0.314 e. The van der Waals surface area contributed by atoms with Crippen LogP contribution in [-0.4, -0.2) is 36.1 Å². The molecule has 0 amide bonds. The molecule has 0 radical (unpaired) electrons. The molecule has 0 aliphatic rings. The van der Waals surface area contributed by atoms with Gasteiger partial charge in [-0.05, 0) is 38.7 Å². The van der Waals surface area contributed by atoms with Gasteiger partial charge in [-0.25, -0.2) is 0 Å². The van der Waals surface area contributed by atoms with Crippen molar-refractivity contribution in [3.8, 4) is 0 Å². The minimum atomic E-state index is 0.584. The van der Waals surface area contributed by atoms with E-state index in [1.165, 1.54) is 6.42 Å². The van der Waals surface area contributed by atoms with Gasteiger partial charge in [-0.2, -0.15) is 0 Å². The van der Waals surface area contributed by atoms with E-state index < -0.39 is 0 Å². The highest BCUT2D eigenvalue weighted by atomic mass is 15.1. The zero-order valence-corrected chi connectivity index (χ0v) is 10.6. The van der Waals surface area contributed by atoms with E-state index in [1.807, 2.05) is 18.3 Å². The molecule has 1 N–H and O–H groups in total. The summed E-state index contributed by atoms with van der Waals surface area (Å²) in [5.74, 6) is 0. The first-order valence-electron chi connectivity index (χ1n) is 6.00. The van der Waals surface area contributed by atoms with Crippen molar-refractivity contribution in [3.05, 3.63) is 30.1 Å². The summed E-state index contributed by atoms with van der Waals surface area (Å²) in [5.41, 5.74) is 1.14. The zero-order chi connectivity index (χ0) is 11.8. The third-order valence-electron chi connectivity index (χ3n) is 2.43. The number of pyridine rings is 1. The van der Waals surface area contributed by atoms with Crippen LogP contribution in [0.4, 0.5) is 0 Å². The molecule has 0 atom stereocenters. The molecule has 1 aromatic heterocycles. The van der Waals surface area contributed by atoms with E-state index >= 15 is 0 Å². The molecule has 0 saturated carbocycles. The minimum Gasteiger partial charge on any atom is -0.314 e. The van der Waals surface area contributed by atoms with Crippen molar-refractivity contribution in [1.82, 2.24) is 15.2 Å². The second kappa shape index (κ2) is 7.36. The van der Waals surface area contributed by atoms with Gasteiger partial charge >= 0.3 is 0 Å². The highest BCUT2D eigenvalue weighted by Crippen LogP contribution is 1.99. The van der Waals surface area contributed by atoms with Crippen LogP contribution in [0.1, 0.15) is 26.0 Å². The summed E-state index contributed by atoms with van der Waals surface area (Å²) in [5, 5.41) is 3.42. The van der Waals surface area contributed by atoms with Gasteiger partial charge in [0.1, 0.15) is 0 Å². The summed E-state index contributed by atoms with van der Waals surface area (Å²) < 4.78 is 0. The maximum atomic E-state index is 4.32. The van der Waals surface area contributed by atoms with Crippen LogP contribution < -0.4 is 5.32 Å². The van der Waals surface area contributed by atoms with Crippen LogP contribution in [0.2, 0.25) is 0 Å². The molecule has 1 heterocycles. The van der Waals surface area contributed by atoms with Crippen molar-refractivity contribution in [1.29, 1.82) is 0 Å². The van der Waals surface area contributed by atoms with Crippen molar-refractivity contribution in [2.75, 3.05) is 20.1 Å². The molecule has 16 heavy (non-hydrogen) atoms. The van der Waals surface area contributed by atoms with Gasteiger partial charge in [-0.15, -0.1) is 0 Å². The second-order valence-electron chi connectivity index (χ2n) is 4.52. The third kappa shape index (κ3) is 5.83. The number of nitrogens with zero attached hydrogens (tertiary/aromatic N) is 2. The average molecular weight is 221 g/mol. The molecular formula is C13H23N3. The molecular weight excluding hydrogens is 198 g/mol. The van der Waals surface area contributed by atoms with Crippen LogP contribution in [0.25, 0.3) is 0 Å². The molecule has 0 spiro atoms. The fourth-order valence-electron chi connectivity index (χ4n) is 1.59. The highest BCUT2D eigenvalue weighted by Gasteiger charge is 2.00. The smallest absolute Gasteiger partial charge is 0.0543 e. The van der Waals surface area contributed by atoms with Gasteiger partial charge < -0.3 is 10.2 Å². The lowest BCUT2D eigenvalue weighted by atomic mass is 10.3. The van der Waals surface area contributed by atoms with Gasteiger partial charge in [0, 0.05) is 18.8 Å². The Labute approximate surface area is 98.9 Å². The summed E-state index contributed by atoms with van der Waals surface area (Å²) in [6.45, 7) is 7.48. The number of aromatic nitrogens is 1. The van der Waals surface area contributed by atoms with Crippen LogP contribution in [0.3, 0.4) is 0 Å². The van der Waals surface area contributed by atoms with Crippen molar-refractivity contribution >= 4 is 0 Å². The Balaban J connectivity index is 2.14. The standard InChI is InChI=1S/C13H23N3/c1-12(2)14-9-6-10-16(3)11-13-7-4-5-8-15-13/h4-5,7-8,12,14H,6,9-11H2,1-3H3. The lowest BCUT2D eigenvalue weighted by Crippen LogP contribution is -2.27. The SMILES string of the molecule is CC(C)NCCCN(C)Cc1ccccn1. The van der Waals surface area contributed by atoms with Gasteiger partial charge in [-0.1, -0.05) is 19.9 Å². The maximum absolute atomic E-state index is 4.32. The Kier molecular flexibility index (Phi) is 6.04. The first-order chi connectivity index (χ1) is 7.68. The molecule has 1 rings (SSSR count). The third-order valence-corrected chi connectivity index (χ3v) is 2.43. The van der Waals surface area contributed by atoms with Crippen LogP contribution in [-0.2, 0) is 6.54 Å². The van der Waals surface area contributed by atoms with E-state index in [-0.39, 0.29) is 0 Å². The highest BCUT2D eigenvalue weighted by molar-refractivity contribution is 5.02. The lowest BCUT2D eigenvalue weighted by molar-refractivity contribution is 0.314. The fraction of sp³-hybridized carbons (Fsp3) is 0.615. The molecule has 0 bridgehead atoms. The minimum absolute atomic E-state index is 0.584. The van der Waals surface area contributed by atoms with E-state index in [9.17, 15) is 0 Å². The maximum Gasteiger partial charge on any atom is 0.0543 e. The molecule has 3 nitrogen and oxygen atoms in total. The van der Waals surface area contributed by atoms with Crippen molar-refractivity contribution < 1.29 is 0 Å². The van der Waals surface area contributed by atoms with Crippen LogP contribution in [0.15, 0.2) is 24.4 Å². The average Bonchev–Trinajstić information content (AvgIpc) is 2.25. The Morgan fingerprint density at radius 3 is 2.81 bits per heavy atom. The summed E-state index contributed by atoms with van der Waals surface area (Å²) in [6.07, 6.45) is 3.03. The predicted octanol–water partition coefficient (Wildman–Crippen LogP) is 1.90. The monoisotopic (exact) mass is 221 g/mol. The van der Waals surface area contributed by atoms with Crippen molar-refractivity contribution in [2.45, 2.75) is 32.9 Å². The van der Waals surface area contributed by atoms with Gasteiger partial charge in [0.25, 0.3) is 0 Å². The molecule has 0 fully saturated rings. The van der Waals surface area contributed by atoms with E-state index in [1.54, 1.807) is 0 Å². The van der Waals surface area contributed by atoms with Gasteiger partial charge in [-0.3, -0.25) is 4.98 Å². The van der Waals surface area contributed by atoms with Crippen molar-refractivity contribution in [3.63, 3.8) is 0 Å². The van der Waals surface area contributed by atoms with E-state index in [0.29, 0.717) is 6.04 Å². The first kappa shape index (κ1) is 13.1. The van der Waals surface area contributed by atoms with E-state index in [4.69, 9.17) is 0 Å². The summed E-state index contributed by atoms with van der Waals surface area (Å²) in [6, 6.07) is 6.65. The number of hydrogen-bond acceptors (Lipinski definition) is 3. The molecule has 0 aliphatic heterocycles. The molecule has 0 unspecified atom stereocenters. The Morgan fingerprint density at radius 1 is 1.38 bits per heavy atom. The zero-order valence-electron chi connectivity index (χ0n) is 10.6. The normalized spacial score (nSPS) is 11.3. The molecule has 1 aromatic rings. The summed E-state index contributed by atoms with van der Waals surface area (Å²) in [7, 11) is 2.14. The predicted molar refractivity (Wildman–Crippen MR) is 68.3 cm³/mol. The Morgan fingerprint density at radius 2 is 2.19 bits per heavy atom. The van der Waals surface area contributed by atoms with E-state index in [0.717, 1.165) is 25.3 Å². The number of hydrogen-bond donors (Lipinski definition) is 1. The van der Waals surface area contributed by atoms with Crippen molar-refractivity contribution in [2.24, 2.45) is 0 Å². The first-order valence-corrected chi connectivity index (χ1v) is 6.00. The van der Waals surface area contributed by atoms with Gasteiger partial charge in [0.05, 0.1) is 5.69 Å². The van der Waals surface area contributed by atoms with Crippen LogP contribution in [0.5, 0.6) is 0 Å². The van der Waals surface area contributed by atoms with Gasteiger partial charge in [0.2, 0.25) is 0 Å². The second-order valence-corrected chi connectivity index (χ2v) is 4.52. The molecule has 90 valence electrons. The Hall–Kier alpha value is -0.930.